The second-order valence-corrected chi connectivity index (χ2v) is 5.61. The largest absolute Gasteiger partial charge is 0.390 e. The van der Waals surface area contributed by atoms with Crippen LogP contribution in [0.5, 0.6) is 0 Å². The molecular formula is C14H19BrN2O3. The molecule has 1 aliphatic heterocycles. The Morgan fingerprint density at radius 2 is 2.10 bits per heavy atom. The third-order valence-corrected chi connectivity index (χ3v) is 3.88. The highest BCUT2D eigenvalue weighted by atomic mass is 79.9. The van der Waals surface area contributed by atoms with E-state index in [1.165, 1.54) is 0 Å². The van der Waals surface area contributed by atoms with Gasteiger partial charge in [0.25, 0.3) is 5.91 Å². The van der Waals surface area contributed by atoms with E-state index in [0.717, 1.165) is 17.6 Å². The topological polar surface area (TPSA) is 61.8 Å². The van der Waals surface area contributed by atoms with Crippen LogP contribution in [0.4, 0.5) is 0 Å². The van der Waals surface area contributed by atoms with Crippen LogP contribution in [-0.2, 0) is 4.74 Å². The first kappa shape index (κ1) is 15.4. The van der Waals surface area contributed by atoms with Crippen molar-refractivity contribution in [2.45, 2.75) is 6.10 Å². The number of halogens is 1. The zero-order chi connectivity index (χ0) is 14.4. The Hall–Kier alpha value is -0.950. The number of amides is 1. The van der Waals surface area contributed by atoms with E-state index >= 15 is 0 Å². The van der Waals surface area contributed by atoms with Crippen LogP contribution in [0.1, 0.15) is 10.4 Å². The number of nitrogens with zero attached hydrogens (tertiary/aromatic N) is 1. The molecule has 2 N–H and O–H groups in total. The Balaban J connectivity index is 1.76. The zero-order valence-electron chi connectivity index (χ0n) is 11.2. The number of morpholine rings is 1. The fourth-order valence-corrected chi connectivity index (χ4v) is 2.56. The lowest BCUT2D eigenvalue weighted by atomic mass is 10.2. The van der Waals surface area contributed by atoms with Crippen molar-refractivity contribution in [3.63, 3.8) is 0 Å². The van der Waals surface area contributed by atoms with Gasteiger partial charge in [0.05, 0.1) is 24.9 Å². The molecule has 1 unspecified atom stereocenters. The van der Waals surface area contributed by atoms with Gasteiger partial charge in [-0.1, -0.05) is 12.1 Å². The highest BCUT2D eigenvalue weighted by Gasteiger charge is 2.16. The molecule has 0 spiro atoms. The summed E-state index contributed by atoms with van der Waals surface area (Å²) in [5.41, 5.74) is 0.575. The summed E-state index contributed by atoms with van der Waals surface area (Å²) in [6, 6.07) is 7.23. The summed E-state index contributed by atoms with van der Waals surface area (Å²) in [6.07, 6.45) is -0.570. The Kier molecular flexibility index (Phi) is 5.97. The van der Waals surface area contributed by atoms with E-state index in [4.69, 9.17) is 4.74 Å². The molecule has 0 bridgehead atoms. The van der Waals surface area contributed by atoms with Gasteiger partial charge in [-0.2, -0.15) is 0 Å². The molecule has 0 saturated carbocycles. The van der Waals surface area contributed by atoms with Crippen LogP contribution in [0.3, 0.4) is 0 Å². The summed E-state index contributed by atoms with van der Waals surface area (Å²) >= 11 is 3.34. The number of hydrogen-bond acceptors (Lipinski definition) is 4. The number of carbonyl (C=O) groups excluding carboxylic acids is 1. The number of aliphatic hydroxyl groups excluding tert-OH is 1. The average Bonchev–Trinajstić information content (AvgIpc) is 2.46. The van der Waals surface area contributed by atoms with Crippen LogP contribution in [0.2, 0.25) is 0 Å². The predicted octanol–water partition coefficient (Wildman–Crippen LogP) is 0.872. The molecule has 0 radical (unpaired) electrons. The maximum absolute atomic E-state index is 12.0. The summed E-state index contributed by atoms with van der Waals surface area (Å²) in [5, 5.41) is 12.7. The summed E-state index contributed by atoms with van der Waals surface area (Å²) in [5.74, 6) is -0.182. The van der Waals surface area contributed by atoms with E-state index in [9.17, 15) is 9.90 Å². The molecule has 5 nitrogen and oxygen atoms in total. The minimum atomic E-state index is -0.570. The van der Waals surface area contributed by atoms with E-state index in [-0.39, 0.29) is 12.5 Å². The molecule has 1 heterocycles. The summed E-state index contributed by atoms with van der Waals surface area (Å²) < 4.78 is 6.00. The standard InChI is InChI=1S/C14H19BrN2O3/c15-13-4-2-1-3-12(13)14(19)16-9-11(18)10-17-5-7-20-8-6-17/h1-4,11,18H,5-10H2,(H,16,19). The zero-order valence-corrected chi connectivity index (χ0v) is 12.8. The van der Waals surface area contributed by atoms with Crippen molar-refractivity contribution in [2.75, 3.05) is 39.4 Å². The van der Waals surface area contributed by atoms with Crippen molar-refractivity contribution < 1.29 is 14.6 Å². The first-order chi connectivity index (χ1) is 9.66. The molecule has 2 rings (SSSR count). The molecule has 20 heavy (non-hydrogen) atoms. The van der Waals surface area contributed by atoms with Crippen molar-refractivity contribution in [2.24, 2.45) is 0 Å². The Labute approximate surface area is 127 Å². The van der Waals surface area contributed by atoms with Crippen molar-refractivity contribution in [3.05, 3.63) is 34.3 Å². The van der Waals surface area contributed by atoms with Crippen LogP contribution in [0.15, 0.2) is 28.7 Å². The number of carbonyl (C=O) groups is 1. The summed E-state index contributed by atoms with van der Waals surface area (Å²) in [6.45, 7) is 3.87. The highest BCUT2D eigenvalue weighted by molar-refractivity contribution is 9.10. The van der Waals surface area contributed by atoms with Crippen LogP contribution < -0.4 is 5.32 Å². The Bertz CT molecular complexity index is 450. The number of β-amino-alcohol motifs (C(OH)–C–C–N with tert-alkyl or cyclic N) is 1. The molecule has 6 heteroatoms. The van der Waals surface area contributed by atoms with Crippen molar-refractivity contribution >= 4 is 21.8 Å². The van der Waals surface area contributed by atoms with Gasteiger partial charge in [-0.15, -0.1) is 0 Å². The molecule has 0 aliphatic carbocycles. The third kappa shape index (κ3) is 4.56. The van der Waals surface area contributed by atoms with Crippen LogP contribution >= 0.6 is 15.9 Å². The van der Waals surface area contributed by atoms with Crippen molar-refractivity contribution in [3.8, 4) is 0 Å². The normalized spacial score (nSPS) is 17.7. The molecule has 1 aliphatic rings. The lowest BCUT2D eigenvalue weighted by Gasteiger charge is -2.28. The second-order valence-electron chi connectivity index (χ2n) is 4.76. The smallest absolute Gasteiger partial charge is 0.252 e. The first-order valence-corrected chi connectivity index (χ1v) is 7.47. The summed E-state index contributed by atoms with van der Waals surface area (Å²) in [4.78, 5) is 14.1. The van der Waals surface area contributed by atoms with Gasteiger partial charge >= 0.3 is 0 Å². The fraction of sp³-hybridized carbons (Fsp3) is 0.500. The van der Waals surface area contributed by atoms with Gasteiger partial charge in [-0.05, 0) is 28.1 Å². The molecular weight excluding hydrogens is 324 g/mol. The number of hydrogen-bond donors (Lipinski definition) is 2. The molecule has 110 valence electrons. The van der Waals surface area contributed by atoms with Crippen molar-refractivity contribution in [1.29, 1.82) is 0 Å². The minimum absolute atomic E-state index is 0.182. The highest BCUT2D eigenvalue weighted by Crippen LogP contribution is 2.15. The van der Waals surface area contributed by atoms with E-state index in [1.807, 2.05) is 18.2 Å². The third-order valence-electron chi connectivity index (χ3n) is 3.19. The lowest BCUT2D eigenvalue weighted by Crippen LogP contribution is -2.44. The number of ether oxygens (including phenoxy) is 1. The molecule has 0 aromatic heterocycles. The summed E-state index contributed by atoms with van der Waals surface area (Å²) in [7, 11) is 0. The average molecular weight is 343 g/mol. The van der Waals surface area contributed by atoms with Gasteiger partial charge in [0, 0.05) is 30.7 Å². The van der Waals surface area contributed by atoms with E-state index in [0.29, 0.717) is 25.3 Å². The molecule has 1 atom stereocenters. The molecule has 1 fully saturated rings. The molecule has 1 amide bonds. The van der Waals surface area contributed by atoms with Gasteiger partial charge in [0.15, 0.2) is 0 Å². The van der Waals surface area contributed by atoms with E-state index < -0.39 is 6.10 Å². The van der Waals surface area contributed by atoms with Gasteiger partial charge in [0.1, 0.15) is 0 Å². The number of benzene rings is 1. The number of aliphatic hydroxyl groups is 1. The van der Waals surface area contributed by atoms with Gasteiger partial charge in [-0.25, -0.2) is 0 Å². The van der Waals surface area contributed by atoms with Crippen LogP contribution in [0, 0.1) is 0 Å². The Morgan fingerprint density at radius 1 is 1.40 bits per heavy atom. The second kappa shape index (κ2) is 7.73. The monoisotopic (exact) mass is 342 g/mol. The maximum atomic E-state index is 12.0. The quantitative estimate of drug-likeness (QED) is 0.833. The SMILES string of the molecule is O=C(NCC(O)CN1CCOCC1)c1ccccc1Br. The minimum Gasteiger partial charge on any atom is -0.390 e. The Morgan fingerprint density at radius 3 is 2.80 bits per heavy atom. The fourth-order valence-electron chi connectivity index (χ4n) is 2.10. The van der Waals surface area contributed by atoms with Crippen molar-refractivity contribution in [1.82, 2.24) is 10.2 Å². The van der Waals surface area contributed by atoms with Gasteiger partial charge < -0.3 is 15.2 Å². The van der Waals surface area contributed by atoms with Gasteiger partial charge in [0.2, 0.25) is 0 Å². The molecule has 1 aromatic carbocycles. The van der Waals surface area contributed by atoms with Crippen LogP contribution in [-0.4, -0.2) is 61.4 Å². The van der Waals surface area contributed by atoms with Crippen LogP contribution in [0.25, 0.3) is 0 Å². The molecule has 1 aromatic rings. The number of nitrogens with one attached hydrogen (secondary N) is 1. The van der Waals surface area contributed by atoms with Gasteiger partial charge in [-0.3, -0.25) is 9.69 Å². The van der Waals surface area contributed by atoms with E-state index in [2.05, 4.69) is 26.1 Å². The number of rotatable bonds is 5. The maximum Gasteiger partial charge on any atom is 0.252 e. The lowest BCUT2D eigenvalue weighted by molar-refractivity contribution is 0.0149. The first-order valence-electron chi connectivity index (χ1n) is 6.67. The van der Waals surface area contributed by atoms with E-state index in [1.54, 1.807) is 6.07 Å². The predicted molar refractivity (Wildman–Crippen MR) is 79.7 cm³/mol. The molecule has 1 saturated heterocycles.